The zero-order valence-electron chi connectivity index (χ0n) is 6.76. The van der Waals surface area contributed by atoms with E-state index in [1.54, 1.807) is 0 Å². The zero-order valence-corrected chi connectivity index (χ0v) is 6.76. The molecule has 0 aliphatic heterocycles. The molecular formula is C8H10N2O2. The largest absolute Gasteiger partial charge is 0.352 e. The minimum Gasteiger partial charge on any atom is -0.352 e. The van der Waals surface area contributed by atoms with E-state index in [0.717, 1.165) is 0 Å². The highest BCUT2D eigenvalue weighted by Crippen LogP contribution is 1.91. The van der Waals surface area contributed by atoms with E-state index in [1.165, 1.54) is 18.3 Å². The van der Waals surface area contributed by atoms with E-state index in [0.29, 0.717) is 12.1 Å². The summed E-state index contributed by atoms with van der Waals surface area (Å²) in [6.45, 7) is 2.42. The number of rotatable bonds is 2. The van der Waals surface area contributed by atoms with Gasteiger partial charge in [-0.2, -0.15) is 0 Å². The topological polar surface area (TPSA) is 62.0 Å². The van der Waals surface area contributed by atoms with Gasteiger partial charge in [0.15, 0.2) is 0 Å². The van der Waals surface area contributed by atoms with Crippen LogP contribution in [0.15, 0.2) is 23.1 Å². The van der Waals surface area contributed by atoms with Crippen molar-refractivity contribution < 1.29 is 4.79 Å². The molecule has 64 valence electrons. The first-order chi connectivity index (χ1) is 5.74. The predicted molar refractivity (Wildman–Crippen MR) is 45.1 cm³/mol. The zero-order chi connectivity index (χ0) is 8.97. The number of aromatic nitrogens is 1. The third kappa shape index (κ3) is 1.95. The smallest absolute Gasteiger partial charge is 0.252 e. The van der Waals surface area contributed by atoms with Crippen LogP contribution in [0, 0.1) is 0 Å². The third-order valence-corrected chi connectivity index (χ3v) is 1.38. The van der Waals surface area contributed by atoms with E-state index in [1.807, 2.05) is 6.92 Å². The highest BCUT2D eigenvalue weighted by atomic mass is 16.1. The van der Waals surface area contributed by atoms with Crippen LogP contribution in [0.25, 0.3) is 0 Å². The molecule has 4 heteroatoms. The number of hydrogen-bond donors (Lipinski definition) is 2. The first kappa shape index (κ1) is 8.52. The summed E-state index contributed by atoms with van der Waals surface area (Å²) in [5.41, 5.74) is 0.263. The summed E-state index contributed by atoms with van der Waals surface area (Å²) >= 11 is 0. The summed E-state index contributed by atoms with van der Waals surface area (Å²) in [6.07, 6.45) is 1.40. The molecule has 0 bridgehead atoms. The van der Waals surface area contributed by atoms with Crippen LogP contribution in [0.2, 0.25) is 0 Å². The number of pyridine rings is 1. The van der Waals surface area contributed by atoms with Crippen molar-refractivity contribution in [3.63, 3.8) is 0 Å². The highest BCUT2D eigenvalue weighted by Gasteiger charge is 2.01. The van der Waals surface area contributed by atoms with Gasteiger partial charge in [-0.3, -0.25) is 9.59 Å². The van der Waals surface area contributed by atoms with Gasteiger partial charge in [-0.25, -0.2) is 0 Å². The molecule has 1 aromatic rings. The number of amides is 1. The van der Waals surface area contributed by atoms with Crippen molar-refractivity contribution in [1.29, 1.82) is 0 Å². The Balaban J connectivity index is 2.82. The van der Waals surface area contributed by atoms with Crippen LogP contribution in [0.3, 0.4) is 0 Å². The average molecular weight is 166 g/mol. The fourth-order valence-electron chi connectivity index (χ4n) is 0.814. The molecule has 4 nitrogen and oxygen atoms in total. The first-order valence-electron chi connectivity index (χ1n) is 3.71. The van der Waals surface area contributed by atoms with Crippen LogP contribution in [0.1, 0.15) is 17.3 Å². The van der Waals surface area contributed by atoms with Crippen LogP contribution in [0.5, 0.6) is 0 Å². The van der Waals surface area contributed by atoms with Gasteiger partial charge >= 0.3 is 0 Å². The van der Waals surface area contributed by atoms with Crippen molar-refractivity contribution in [1.82, 2.24) is 10.3 Å². The highest BCUT2D eigenvalue weighted by molar-refractivity contribution is 5.93. The normalized spacial score (nSPS) is 9.42. The van der Waals surface area contributed by atoms with Crippen molar-refractivity contribution in [2.24, 2.45) is 0 Å². The summed E-state index contributed by atoms with van der Waals surface area (Å²) in [4.78, 5) is 24.2. The van der Waals surface area contributed by atoms with Crippen LogP contribution in [-0.4, -0.2) is 17.4 Å². The molecule has 0 atom stereocenters. The van der Waals surface area contributed by atoms with E-state index in [4.69, 9.17) is 0 Å². The fourth-order valence-corrected chi connectivity index (χ4v) is 0.814. The van der Waals surface area contributed by atoms with E-state index in [2.05, 4.69) is 10.3 Å². The Bertz CT molecular complexity index is 310. The standard InChI is InChI=1S/C8H10N2O2/c1-2-9-8(12)6-3-4-7(11)10-5-6/h3-5H,2H2,1H3,(H,9,12)(H,10,11). The Hall–Kier alpha value is -1.58. The molecule has 0 saturated carbocycles. The van der Waals surface area contributed by atoms with Gasteiger partial charge in [0.05, 0.1) is 5.56 Å². The lowest BCUT2D eigenvalue weighted by Crippen LogP contribution is -2.23. The molecule has 1 amide bonds. The lowest BCUT2D eigenvalue weighted by Gasteiger charge is -1.99. The second kappa shape index (κ2) is 3.71. The molecular weight excluding hydrogens is 156 g/mol. The van der Waals surface area contributed by atoms with Gasteiger partial charge < -0.3 is 10.3 Å². The van der Waals surface area contributed by atoms with E-state index < -0.39 is 0 Å². The van der Waals surface area contributed by atoms with E-state index in [9.17, 15) is 9.59 Å². The average Bonchev–Trinajstić information content (AvgIpc) is 2.06. The minimum atomic E-state index is -0.206. The van der Waals surface area contributed by atoms with E-state index in [-0.39, 0.29) is 11.5 Å². The Kier molecular flexibility index (Phi) is 2.63. The Morgan fingerprint density at radius 1 is 1.58 bits per heavy atom. The van der Waals surface area contributed by atoms with Crippen molar-refractivity contribution in [3.05, 3.63) is 34.2 Å². The molecule has 0 unspecified atom stereocenters. The summed E-state index contributed by atoms with van der Waals surface area (Å²) in [6, 6.07) is 2.81. The van der Waals surface area contributed by atoms with Gasteiger partial charge in [0.1, 0.15) is 0 Å². The molecule has 2 N–H and O–H groups in total. The molecule has 0 saturated heterocycles. The monoisotopic (exact) mass is 166 g/mol. The summed E-state index contributed by atoms with van der Waals surface area (Å²) in [5.74, 6) is -0.172. The summed E-state index contributed by atoms with van der Waals surface area (Å²) in [7, 11) is 0. The van der Waals surface area contributed by atoms with Gasteiger partial charge in [-0.05, 0) is 13.0 Å². The maximum Gasteiger partial charge on any atom is 0.252 e. The van der Waals surface area contributed by atoms with Crippen molar-refractivity contribution in [3.8, 4) is 0 Å². The van der Waals surface area contributed by atoms with Crippen molar-refractivity contribution in [2.45, 2.75) is 6.92 Å². The number of carbonyl (C=O) groups excluding carboxylic acids is 1. The van der Waals surface area contributed by atoms with Crippen molar-refractivity contribution >= 4 is 5.91 Å². The molecule has 0 aromatic carbocycles. The SMILES string of the molecule is CCNC(=O)c1ccc(=O)[nH]c1. The lowest BCUT2D eigenvalue weighted by molar-refractivity contribution is 0.0955. The summed E-state index contributed by atoms with van der Waals surface area (Å²) < 4.78 is 0. The molecule has 0 spiro atoms. The number of H-pyrrole nitrogens is 1. The fraction of sp³-hybridized carbons (Fsp3) is 0.250. The number of aromatic amines is 1. The molecule has 1 heterocycles. The molecule has 0 fully saturated rings. The number of nitrogens with one attached hydrogen (secondary N) is 2. The maximum absolute atomic E-state index is 11.1. The van der Waals surface area contributed by atoms with Gasteiger partial charge in [0, 0.05) is 18.8 Å². The van der Waals surface area contributed by atoms with Crippen LogP contribution >= 0.6 is 0 Å². The quantitative estimate of drug-likeness (QED) is 0.655. The molecule has 1 aromatic heterocycles. The second-order valence-electron chi connectivity index (χ2n) is 2.30. The van der Waals surface area contributed by atoms with Crippen LogP contribution < -0.4 is 10.9 Å². The van der Waals surface area contributed by atoms with Crippen LogP contribution in [-0.2, 0) is 0 Å². The molecule has 0 radical (unpaired) electrons. The number of hydrogen-bond acceptors (Lipinski definition) is 2. The Labute approximate surface area is 69.6 Å². The Morgan fingerprint density at radius 3 is 2.83 bits per heavy atom. The van der Waals surface area contributed by atoms with E-state index >= 15 is 0 Å². The molecule has 12 heavy (non-hydrogen) atoms. The molecule has 1 rings (SSSR count). The van der Waals surface area contributed by atoms with Gasteiger partial charge in [-0.1, -0.05) is 0 Å². The van der Waals surface area contributed by atoms with Gasteiger partial charge in [0.2, 0.25) is 5.56 Å². The van der Waals surface area contributed by atoms with Gasteiger partial charge in [-0.15, -0.1) is 0 Å². The van der Waals surface area contributed by atoms with Gasteiger partial charge in [0.25, 0.3) is 5.91 Å². The Morgan fingerprint density at radius 2 is 2.33 bits per heavy atom. The lowest BCUT2D eigenvalue weighted by atomic mass is 10.3. The molecule has 0 aliphatic rings. The predicted octanol–water partition coefficient (Wildman–Crippen LogP) is 0.125. The van der Waals surface area contributed by atoms with Crippen molar-refractivity contribution in [2.75, 3.05) is 6.54 Å². The summed E-state index contributed by atoms with van der Waals surface area (Å²) in [5, 5.41) is 2.62. The maximum atomic E-state index is 11.1. The third-order valence-electron chi connectivity index (χ3n) is 1.38. The first-order valence-corrected chi connectivity index (χ1v) is 3.71. The minimum absolute atomic E-state index is 0.172. The van der Waals surface area contributed by atoms with Crippen LogP contribution in [0.4, 0.5) is 0 Å². The number of carbonyl (C=O) groups is 1. The molecule has 0 aliphatic carbocycles. The second-order valence-corrected chi connectivity index (χ2v) is 2.30.